The van der Waals surface area contributed by atoms with E-state index in [2.05, 4.69) is 4.52 Å². The molecule has 0 aromatic rings. The van der Waals surface area contributed by atoms with Crippen molar-refractivity contribution < 1.29 is 28.3 Å². The van der Waals surface area contributed by atoms with Crippen LogP contribution in [-0.4, -0.2) is 42.3 Å². The van der Waals surface area contributed by atoms with Crippen molar-refractivity contribution in [2.45, 2.75) is 32.3 Å². The topological polar surface area (TPSA) is 85.2 Å². The summed E-state index contributed by atoms with van der Waals surface area (Å²) in [5.74, 6) is 0. The Kier molecular flexibility index (Phi) is 7.39. The van der Waals surface area contributed by atoms with E-state index in [1.165, 1.54) is 0 Å². The smallest absolute Gasteiger partial charge is 0.382 e. The molecule has 0 saturated heterocycles. The quantitative estimate of drug-likeness (QED) is 0.478. The van der Waals surface area contributed by atoms with E-state index in [-0.39, 0.29) is 6.61 Å². The zero-order valence-corrected chi connectivity index (χ0v) is 10.9. The Bertz CT molecular complexity index is 222. The second-order valence-electron chi connectivity index (χ2n) is 3.50. The molecule has 0 rings (SSSR count). The first kappa shape index (κ1) is 16.0. The normalized spacial score (nSPS) is 13.1. The van der Waals surface area contributed by atoms with Gasteiger partial charge in [-0.25, -0.2) is 4.57 Å². The summed E-state index contributed by atoms with van der Waals surface area (Å²) < 4.78 is 25.6. The second kappa shape index (κ2) is 7.37. The lowest BCUT2D eigenvalue weighted by Crippen LogP contribution is -2.37. The van der Waals surface area contributed by atoms with Crippen LogP contribution in [0.1, 0.15) is 26.7 Å². The molecule has 0 atom stereocenters. The van der Waals surface area contributed by atoms with E-state index >= 15 is 0 Å². The lowest BCUT2D eigenvalue weighted by Gasteiger charge is -2.31. The highest BCUT2D eigenvalue weighted by molar-refractivity contribution is 7.46. The van der Waals surface area contributed by atoms with Gasteiger partial charge in [0.15, 0.2) is 0 Å². The van der Waals surface area contributed by atoms with Gasteiger partial charge >= 0.3 is 7.82 Å². The maximum atomic E-state index is 10.6. The number of ether oxygens (including phenoxy) is 2. The summed E-state index contributed by atoms with van der Waals surface area (Å²) in [6.07, 6.45) is 1.24. The first-order valence-electron chi connectivity index (χ1n) is 5.22. The highest BCUT2D eigenvalue weighted by Crippen LogP contribution is 2.38. The molecular formula is C9H21O6P. The summed E-state index contributed by atoms with van der Waals surface area (Å²) in [5.41, 5.74) is -0.653. The van der Waals surface area contributed by atoms with Crippen LogP contribution in [0.25, 0.3) is 0 Å². The van der Waals surface area contributed by atoms with Crippen LogP contribution in [0.3, 0.4) is 0 Å². The van der Waals surface area contributed by atoms with Gasteiger partial charge in [0.1, 0.15) is 0 Å². The number of hydrogen-bond donors (Lipinski definition) is 2. The summed E-state index contributed by atoms with van der Waals surface area (Å²) in [6.45, 7) is 4.48. The van der Waals surface area contributed by atoms with Gasteiger partial charge in [0.25, 0.3) is 0 Å². The molecule has 7 heteroatoms. The van der Waals surface area contributed by atoms with Gasteiger partial charge < -0.3 is 19.3 Å². The number of phosphoric acid groups is 1. The van der Waals surface area contributed by atoms with E-state index in [0.717, 1.165) is 0 Å². The molecule has 2 N–H and O–H groups in total. The fraction of sp³-hybridized carbons (Fsp3) is 1.00. The van der Waals surface area contributed by atoms with E-state index in [1.54, 1.807) is 7.11 Å². The van der Waals surface area contributed by atoms with E-state index in [0.29, 0.717) is 26.1 Å². The van der Waals surface area contributed by atoms with E-state index in [4.69, 9.17) is 19.3 Å². The van der Waals surface area contributed by atoms with Crippen molar-refractivity contribution >= 4 is 7.82 Å². The molecule has 0 aliphatic rings. The highest BCUT2D eigenvalue weighted by atomic mass is 31.2. The largest absolute Gasteiger partial charge is 0.469 e. The van der Waals surface area contributed by atoms with Crippen molar-refractivity contribution in [3.63, 3.8) is 0 Å². The summed E-state index contributed by atoms with van der Waals surface area (Å²) >= 11 is 0. The van der Waals surface area contributed by atoms with E-state index < -0.39 is 13.4 Å². The average Bonchev–Trinajstić information content (AvgIpc) is 2.23. The van der Waals surface area contributed by atoms with Gasteiger partial charge in [0, 0.05) is 7.11 Å². The lowest BCUT2D eigenvalue weighted by atomic mass is 9.98. The maximum Gasteiger partial charge on any atom is 0.469 e. The molecule has 16 heavy (non-hydrogen) atoms. The van der Waals surface area contributed by atoms with Crippen LogP contribution >= 0.6 is 7.82 Å². The number of rotatable bonds is 9. The molecule has 0 spiro atoms. The van der Waals surface area contributed by atoms with Gasteiger partial charge in [-0.1, -0.05) is 13.8 Å². The summed E-state index contributed by atoms with van der Waals surface area (Å²) in [6, 6.07) is 0. The third-order valence-electron chi connectivity index (χ3n) is 2.48. The third-order valence-corrected chi connectivity index (χ3v) is 2.95. The predicted octanol–water partition coefficient (Wildman–Crippen LogP) is 1.32. The summed E-state index contributed by atoms with van der Waals surface area (Å²) in [5, 5.41) is 0. The molecule has 0 aliphatic carbocycles. The Morgan fingerprint density at radius 3 is 2.12 bits per heavy atom. The van der Waals surface area contributed by atoms with Crippen LogP contribution in [0, 0.1) is 0 Å². The summed E-state index contributed by atoms with van der Waals surface area (Å²) in [4.78, 5) is 17.3. The Balaban J connectivity index is 4.26. The fourth-order valence-corrected chi connectivity index (χ4v) is 1.65. The lowest BCUT2D eigenvalue weighted by molar-refractivity contribution is -0.0943. The maximum absolute atomic E-state index is 10.6. The van der Waals surface area contributed by atoms with Crippen LogP contribution in [0.4, 0.5) is 0 Å². The van der Waals surface area contributed by atoms with E-state index in [1.807, 2.05) is 13.8 Å². The number of phosphoric ester groups is 1. The van der Waals surface area contributed by atoms with Gasteiger partial charge in [-0.3, -0.25) is 4.52 Å². The van der Waals surface area contributed by atoms with Crippen LogP contribution in [0.15, 0.2) is 0 Å². The van der Waals surface area contributed by atoms with Crippen molar-refractivity contribution in [2.75, 3.05) is 26.9 Å². The Morgan fingerprint density at radius 1 is 1.19 bits per heavy atom. The second-order valence-corrected chi connectivity index (χ2v) is 4.73. The van der Waals surface area contributed by atoms with Crippen molar-refractivity contribution in [1.82, 2.24) is 0 Å². The first-order chi connectivity index (χ1) is 7.39. The van der Waals surface area contributed by atoms with Gasteiger partial charge in [0.05, 0.1) is 25.4 Å². The Morgan fingerprint density at radius 2 is 1.75 bits per heavy atom. The minimum absolute atomic E-state index is 0.117. The van der Waals surface area contributed by atoms with Gasteiger partial charge in [-0.05, 0) is 12.8 Å². The zero-order chi connectivity index (χ0) is 12.7. The van der Waals surface area contributed by atoms with Crippen molar-refractivity contribution in [1.29, 1.82) is 0 Å². The van der Waals surface area contributed by atoms with Crippen LogP contribution < -0.4 is 0 Å². The zero-order valence-electron chi connectivity index (χ0n) is 10.0. The molecule has 0 unspecified atom stereocenters. The molecule has 0 amide bonds. The predicted molar refractivity (Wildman–Crippen MR) is 59.1 cm³/mol. The fourth-order valence-electron chi connectivity index (χ4n) is 1.24. The molecule has 0 fully saturated rings. The number of hydrogen-bond acceptors (Lipinski definition) is 4. The minimum Gasteiger partial charge on any atom is -0.382 e. The molecule has 0 saturated carbocycles. The van der Waals surface area contributed by atoms with Gasteiger partial charge in [-0.15, -0.1) is 0 Å². The molecule has 0 aromatic carbocycles. The Hall–Kier alpha value is 0.0300. The standard InChI is InChI=1S/C9H21O6P/c1-4-9(5-2,14-7-6-13-3)8-15-16(10,11)12/h4-8H2,1-3H3,(H2,10,11,12). The van der Waals surface area contributed by atoms with Crippen LogP contribution in [-0.2, 0) is 18.6 Å². The molecule has 0 radical (unpaired) electrons. The van der Waals surface area contributed by atoms with Crippen molar-refractivity contribution in [3.8, 4) is 0 Å². The SMILES string of the molecule is CCC(CC)(COP(=O)(O)O)OCCOC. The molecule has 0 aromatic heterocycles. The third kappa shape index (κ3) is 6.58. The molecule has 6 nitrogen and oxygen atoms in total. The first-order valence-corrected chi connectivity index (χ1v) is 6.75. The van der Waals surface area contributed by atoms with Crippen molar-refractivity contribution in [2.24, 2.45) is 0 Å². The molecule has 98 valence electrons. The Labute approximate surface area is 96.1 Å². The van der Waals surface area contributed by atoms with Crippen molar-refractivity contribution in [3.05, 3.63) is 0 Å². The summed E-state index contributed by atoms with van der Waals surface area (Å²) in [7, 11) is -2.87. The van der Waals surface area contributed by atoms with Crippen LogP contribution in [0.5, 0.6) is 0 Å². The van der Waals surface area contributed by atoms with Gasteiger partial charge in [0.2, 0.25) is 0 Å². The molecule has 0 bridgehead atoms. The molecular weight excluding hydrogens is 235 g/mol. The minimum atomic E-state index is -4.44. The highest BCUT2D eigenvalue weighted by Gasteiger charge is 2.30. The monoisotopic (exact) mass is 256 g/mol. The molecule has 0 aliphatic heterocycles. The van der Waals surface area contributed by atoms with Gasteiger partial charge in [-0.2, -0.15) is 0 Å². The average molecular weight is 256 g/mol. The van der Waals surface area contributed by atoms with E-state index in [9.17, 15) is 4.57 Å². The molecule has 0 heterocycles. The number of methoxy groups -OCH3 is 1. The van der Waals surface area contributed by atoms with Crippen LogP contribution in [0.2, 0.25) is 0 Å².